The van der Waals surface area contributed by atoms with Crippen molar-refractivity contribution in [1.82, 2.24) is 0 Å². The van der Waals surface area contributed by atoms with Crippen LogP contribution in [0.25, 0.3) is 0 Å². The second-order valence-corrected chi connectivity index (χ2v) is 3.96. The lowest BCUT2D eigenvalue weighted by atomic mass is 9.86. The second-order valence-electron chi connectivity index (χ2n) is 3.96. The van der Waals surface area contributed by atoms with Gasteiger partial charge in [0.15, 0.2) is 0 Å². The van der Waals surface area contributed by atoms with Crippen molar-refractivity contribution in [2.75, 3.05) is 6.61 Å². The maximum absolute atomic E-state index is 5.31. The van der Waals surface area contributed by atoms with Crippen LogP contribution in [-0.4, -0.2) is 12.3 Å². The van der Waals surface area contributed by atoms with Gasteiger partial charge in [-0.25, -0.2) is 0 Å². The minimum absolute atomic E-state index is 0.816. The molecule has 0 radical (unpaired) electrons. The SMILES string of the molecule is C1CCC(=NOCC2CCC2)C1. The topological polar surface area (TPSA) is 21.6 Å². The molecule has 2 nitrogen and oxygen atoms in total. The van der Waals surface area contributed by atoms with Gasteiger partial charge in [-0.1, -0.05) is 11.6 Å². The van der Waals surface area contributed by atoms with Crippen molar-refractivity contribution in [1.29, 1.82) is 0 Å². The van der Waals surface area contributed by atoms with Crippen LogP contribution in [0, 0.1) is 5.92 Å². The summed E-state index contributed by atoms with van der Waals surface area (Å²) in [6, 6.07) is 0. The lowest BCUT2D eigenvalue weighted by molar-refractivity contribution is 0.0752. The normalized spacial score (nSPS) is 23.8. The Bertz CT molecular complexity index is 165. The molecule has 0 aliphatic heterocycles. The summed E-state index contributed by atoms with van der Waals surface area (Å²) in [6.07, 6.45) is 9.06. The maximum atomic E-state index is 5.31. The number of hydrogen-bond acceptors (Lipinski definition) is 2. The third-order valence-electron chi connectivity index (χ3n) is 2.91. The average Bonchev–Trinajstić information content (AvgIpc) is 2.46. The fraction of sp³-hybridized carbons (Fsp3) is 0.900. The molecule has 0 spiro atoms. The van der Waals surface area contributed by atoms with Crippen LogP contribution in [-0.2, 0) is 4.84 Å². The summed E-state index contributed by atoms with van der Waals surface area (Å²) in [7, 11) is 0. The van der Waals surface area contributed by atoms with Gasteiger partial charge in [0.2, 0.25) is 0 Å². The average molecular weight is 167 g/mol. The number of rotatable bonds is 3. The van der Waals surface area contributed by atoms with Crippen molar-refractivity contribution in [2.45, 2.75) is 44.9 Å². The summed E-state index contributed by atoms with van der Waals surface area (Å²) < 4.78 is 0. The van der Waals surface area contributed by atoms with E-state index in [1.165, 1.54) is 50.7 Å². The van der Waals surface area contributed by atoms with Crippen molar-refractivity contribution >= 4 is 5.71 Å². The van der Waals surface area contributed by atoms with Crippen LogP contribution in [0.4, 0.5) is 0 Å². The highest BCUT2D eigenvalue weighted by Crippen LogP contribution is 2.26. The van der Waals surface area contributed by atoms with Gasteiger partial charge in [0, 0.05) is 0 Å². The lowest BCUT2D eigenvalue weighted by Gasteiger charge is -2.23. The molecule has 12 heavy (non-hydrogen) atoms. The first-order chi connectivity index (χ1) is 5.95. The summed E-state index contributed by atoms with van der Waals surface area (Å²) in [5.41, 5.74) is 1.29. The molecule has 2 rings (SSSR count). The summed E-state index contributed by atoms with van der Waals surface area (Å²) in [5.74, 6) is 0.816. The summed E-state index contributed by atoms with van der Waals surface area (Å²) >= 11 is 0. The van der Waals surface area contributed by atoms with Gasteiger partial charge in [0.25, 0.3) is 0 Å². The van der Waals surface area contributed by atoms with Gasteiger partial charge in [-0.15, -0.1) is 0 Å². The summed E-state index contributed by atoms with van der Waals surface area (Å²) in [6.45, 7) is 0.865. The van der Waals surface area contributed by atoms with E-state index in [1.807, 2.05) is 0 Å². The molecule has 0 atom stereocenters. The Morgan fingerprint density at radius 3 is 2.50 bits per heavy atom. The standard InChI is InChI=1S/C10H17NO/c1-2-7-10(6-1)11-12-8-9-4-3-5-9/h9H,1-8H2. The quantitative estimate of drug-likeness (QED) is 0.592. The smallest absolute Gasteiger partial charge is 0.120 e. The van der Waals surface area contributed by atoms with Crippen LogP contribution in [0.15, 0.2) is 5.16 Å². The Labute approximate surface area is 74.0 Å². The van der Waals surface area contributed by atoms with Crippen molar-refractivity contribution in [3.63, 3.8) is 0 Å². The van der Waals surface area contributed by atoms with E-state index in [0.29, 0.717) is 0 Å². The first-order valence-electron chi connectivity index (χ1n) is 5.13. The minimum Gasteiger partial charge on any atom is -0.396 e. The third-order valence-corrected chi connectivity index (χ3v) is 2.91. The Kier molecular flexibility index (Phi) is 2.64. The van der Waals surface area contributed by atoms with Crippen LogP contribution in [0.3, 0.4) is 0 Å². The highest BCUT2D eigenvalue weighted by molar-refractivity contribution is 5.85. The molecule has 0 heterocycles. The molecule has 2 aliphatic rings. The maximum Gasteiger partial charge on any atom is 0.120 e. The fourth-order valence-electron chi connectivity index (χ4n) is 1.77. The molecule has 0 N–H and O–H groups in total. The molecule has 0 aromatic rings. The van der Waals surface area contributed by atoms with Gasteiger partial charge >= 0.3 is 0 Å². The molecule has 2 fully saturated rings. The van der Waals surface area contributed by atoms with Gasteiger partial charge in [-0.05, 0) is 44.4 Å². The van der Waals surface area contributed by atoms with E-state index in [9.17, 15) is 0 Å². The zero-order chi connectivity index (χ0) is 8.23. The molecular formula is C10H17NO. The summed E-state index contributed by atoms with van der Waals surface area (Å²) in [4.78, 5) is 5.31. The molecule has 68 valence electrons. The molecule has 0 saturated heterocycles. The molecule has 0 unspecified atom stereocenters. The van der Waals surface area contributed by atoms with Gasteiger partial charge in [0.05, 0.1) is 5.71 Å². The third kappa shape index (κ3) is 1.99. The van der Waals surface area contributed by atoms with Crippen molar-refractivity contribution in [3.05, 3.63) is 0 Å². The van der Waals surface area contributed by atoms with E-state index in [2.05, 4.69) is 5.16 Å². The van der Waals surface area contributed by atoms with Crippen molar-refractivity contribution < 1.29 is 4.84 Å². The van der Waals surface area contributed by atoms with E-state index in [4.69, 9.17) is 4.84 Å². The Morgan fingerprint density at radius 2 is 1.92 bits per heavy atom. The van der Waals surface area contributed by atoms with E-state index < -0.39 is 0 Å². The minimum atomic E-state index is 0.816. The zero-order valence-electron chi connectivity index (χ0n) is 7.59. The predicted octanol–water partition coefficient (Wildman–Crippen LogP) is 2.73. The molecule has 2 aliphatic carbocycles. The molecule has 2 saturated carbocycles. The summed E-state index contributed by atoms with van der Waals surface area (Å²) in [5, 5.41) is 4.16. The van der Waals surface area contributed by atoms with Gasteiger partial charge in [0.1, 0.15) is 6.61 Å². The van der Waals surface area contributed by atoms with Crippen LogP contribution >= 0.6 is 0 Å². The molecule has 2 heteroatoms. The highest BCUT2D eigenvalue weighted by Gasteiger charge is 2.18. The van der Waals surface area contributed by atoms with Crippen molar-refractivity contribution in [2.24, 2.45) is 11.1 Å². The highest BCUT2D eigenvalue weighted by atomic mass is 16.6. The first kappa shape index (κ1) is 8.09. The van der Waals surface area contributed by atoms with Gasteiger partial charge in [-0.2, -0.15) is 0 Å². The number of nitrogens with zero attached hydrogens (tertiary/aromatic N) is 1. The molecular weight excluding hydrogens is 150 g/mol. The van der Waals surface area contributed by atoms with Gasteiger partial charge in [-0.3, -0.25) is 0 Å². The first-order valence-corrected chi connectivity index (χ1v) is 5.13. The molecule has 0 aromatic carbocycles. The van der Waals surface area contributed by atoms with E-state index in [0.717, 1.165) is 12.5 Å². The fourth-order valence-corrected chi connectivity index (χ4v) is 1.77. The van der Waals surface area contributed by atoms with E-state index in [1.54, 1.807) is 0 Å². The monoisotopic (exact) mass is 167 g/mol. The Balaban J connectivity index is 1.62. The predicted molar refractivity (Wildman–Crippen MR) is 49.2 cm³/mol. The lowest BCUT2D eigenvalue weighted by Crippen LogP contribution is -2.16. The number of hydrogen-bond donors (Lipinski definition) is 0. The Hall–Kier alpha value is -0.530. The number of oxime groups is 1. The van der Waals surface area contributed by atoms with Crippen LogP contribution in [0.2, 0.25) is 0 Å². The molecule has 0 bridgehead atoms. The molecule has 0 amide bonds. The van der Waals surface area contributed by atoms with E-state index >= 15 is 0 Å². The van der Waals surface area contributed by atoms with Crippen molar-refractivity contribution in [3.8, 4) is 0 Å². The van der Waals surface area contributed by atoms with Gasteiger partial charge < -0.3 is 4.84 Å². The Morgan fingerprint density at radius 1 is 1.17 bits per heavy atom. The zero-order valence-corrected chi connectivity index (χ0v) is 7.59. The van der Waals surface area contributed by atoms with Crippen LogP contribution in [0.5, 0.6) is 0 Å². The largest absolute Gasteiger partial charge is 0.396 e. The van der Waals surface area contributed by atoms with E-state index in [-0.39, 0.29) is 0 Å². The van der Waals surface area contributed by atoms with Crippen LogP contribution in [0.1, 0.15) is 44.9 Å². The molecule has 0 aromatic heterocycles. The second kappa shape index (κ2) is 3.92. The van der Waals surface area contributed by atoms with Crippen LogP contribution < -0.4 is 0 Å².